The first-order valence-electron chi connectivity index (χ1n) is 5.54. The average molecular weight is 256 g/mol. The molecule has 94 valence electrons. The van der Waals surface area contributed by atoms with Gasteiger partial charge in [0.2, 0.25) is 4.71 Å². The lowest BCUT2D eigenvalue weighted by molar-refractivity contribution is 0.0223. The standard InChI is InChI=1S/C11H16N2O3S/c1-11(2,3)15-10(14)13-5-4-8-7(6-13)9(17)16-12-8/h12H,4-6H2,1-3H3. The quantitative estimate of drug-likeness (QED) is 0.725. The maximum Gasteiger partial charge on any atom is 0.410 e. The van der Waals surface area contributed by atoms with Crippen LogP contribution in [-0.4, -0.2) is 28.3 Å². The molecule has 5 nitrogen and oxygen atoms in total. The highest BCUT2D eigenvalue weighted by atomic mass is 32.1. The van der Waals surface area contributed by atoms with E-state index in [1.807, 2.05) is 20.8 Å². The van der Waals surface area contributed by atoms with E-state index < -0.39 is 5.60 Å². The Hall–Kier alpha value is -1.30. The van der Waals surface area contributed by atoms with Crippen LogP contribution in [0, 0.1) is 4.71 Å². The Morgan fingerprint density at radius 1 is 1.53 bits per heavy atom. The van der Waals surface area contributed by atoms with Gasteiger partial charge < -0.3 is 14.2 Å². The van der Waals surface area contributed by atoms with Crippen molar-refractivity contribution in [1.82, 2.24) is 10.1 Å². The molecule has 0 aliphatic carbocycles. The predicted molar refractivity (Wildman–Crippen MR) is 64.2 cm³/mol. The van der Waals surface area contributed by atoms with E-state index in [0.29, 0.717) is 24.2 Å². The van der Waals surface area contributed by atoms with Crippen LogP contribution < -0.4 is 0 Å². The van der Waals surface area contributed by atoms with Gasteiger partial charge in [0.1, 0.15) is 5.60 Å². The number of hydrogen-bond donors (Lipinski definition) is 1. The second kappa shape index (κ2) is 4.18. The van der Waals surface area contributed by atoms with Crippen molar-refractivity contribution in [2.24, 2.45) is 0 Å². The molecule has 1 aliphatic rings. The molecule has 2 heterocycles. The SMILES string of the molecule is CC(C)(C)OC(=O)N1CCc2[nH]oc(=S)c2C1. The third-order valence-electron chi connectivity index (χ3n) is 2.51. The highest BCUT2D eigenvalue weighted by Crippen LogP contribution is 2.21. The zero-order chi connectivity index (χ0) is 12.6. The van der Waals surface area contributed by atoms with Gasteiger partial charge in [-0.3, -0.25) is 0 Å². The molecule has 0 aromatic carbocycles. The number of fused-ring (bicyclic) bond motifs is 1. The number of nitrogens with zero attached hydrogens (tertiary/aromatic N) is 1. The number of aromatic nitrogens is 1. The van der Waals surface area contributed by atoms with E-state index in [9.17, 15) is 4.79 Å². The van der Waals surface area contributed by atoms with Crippen LogP contribution >= 0.6 is 12.2 Å². The Labute approximate surface area is 105 Å². The van der Waals surface area contributed by atoms with Crippen LogP contribution in [0.3, 0.4) is 0 Å². The van der Waals surface area contributed by atoms with E-state index in [2.05, 4.69) is 5.16 Å². The molecule has 1 amide bonds. The van der Waals surface area contributed by atoms with Crippen LogP contribution in [0.1, 0.15) is 32.0 Å². The summed E-state index contributed by atoms with van der Waals surface area (Å²) in [5, 5.41) is 2.78. The molecule has 17 heavy (non-hydrogen) atoms. The molecule has 0 fully saturated rings. The minimum atomic E-state index is -0.476. The van der Waals surface area contributed by atoms with E-state index >= 15 is 0 Å². The number of aromatic amines is 1. The Bertz CT molecular complexity index is 484. The largest absolute Gasteiger partial charge is 0.444 e. The zero-order valence-electron chi connectivity index (χ0n) is 10.2. The first-order valence-corrected chi connectivity index (χ1v) is 5.95. The number of carbonyl (C=O) groups excluding carboxylic acids is 1. The van der Waals surface area contributed by atoms with E-state index in [-0.39, 0.29) is 6.09 Å². The first-order chi connectivity index (χ1) is 7.87. The van der Waals surface area contributed by atoms with E-state index in [0.717, 1.165) is 11.3 Å². The Morgan fingerprint density at radius 2 is 2.24 bits per heavy atom. The first kappa shape index (κ1) is 12.2. The highest BCUT2D eigenvalue weighted by Gasteiger charge is 2.27. The summed E-state index contributed by atoms with van der Waals surface area (Å²) in [4.78, 5) is 13.5. The Kier molecular flexibility index (Phi) is 2.99. The molecule has 6 heteroatoms. The van der Waals surface area contributed by atoms with Gasteiger partial charge in [0.15, 0.2) is 0 Å². The fourth-order valence-electron chi connectivity index (χ4n) is 1.72. The van der Waals surface area contributed by atoms with Gasteiger partial charge in [0.25, 0.3) is 0 Å². The zero-order valence-corrected chi connectivity index (χ0v) is 11.0. The number of ether oxygens (including phenoxy) is 1. The van der Waals surface area contributed by atoms with Crippen molar-refractivity contribution in [3.63, 3.8) is 0 Å². The lowest BCUT2D eigenvalue weighted by Gasteiger charge is -2.29. The molecule has 0 unspecified atom stereocenters. The number of nitrogens with one attached hydrogen (secondary N) is 1. The molecule has 1 aromatic rings. The molecule has 2 rings (SSSR count). The number of hydrogen-bond acceptors (Lipinski definition) is 4. The van der Waals surface area contributed by atoms with E-state index in [1.54, 1.807) is 4.90 Å². The van der Waals surface area contributed by atoms with Crippen molar-refractivity contribution in [1.29, 1.82) is 0 Å². The summed E-state index contributed by atoms with van der Waals surface area (Å²) >= 11 is 5.04. The molecule has 1 aliphatic heterocycles. The monoisotopic (exact) mass is 256 g/mol. The fraction of sp³-hybridized carbons (Fsp3) is 0.636. The molecule has 0 atom stereocenters. The number of rotatable bonds is 0. The van der Waals surface area contributed by atoms with Crippen LogP contribution in [0.15, 0.2) is 4.52 Å². The summed E-state index contributed by atoms with van der Waals surface area (Å²) in [6, 6.07) is 0. The molecule has 1 N–H and O–H groups in total. The van der Waals surface area contributed by atoms with Crippen molar-refractivity contribution < 1.29 is 14.1 Å². The van der Waals surface area contributed by atoms with Gasteiger partial charge in [-0.15, -0.1) is 0 Å². The number of carbonyl (C=O) groups is 1. The molecule has 0 saturated heterocycles. The average Bonchev–Trinajstić information content (AvgIpc) is 2.57. The summed E-state index contributed by atoms with van der Waals surface area (Å²) in [7, 11) is 0. The van der Waals surface area contributed by atoms with E-state index in [4.69, 9.17) is 21.5 Å². The van der Waals surface area contributed by atoms with Crippen molar-refractivity contribution in [3.8, 4) is 0 Å². The lowest BCUT2D eigenvalue weighted by atomic mass is 10.1. The van der Waals surface area contributed by atoms with Crippen molar-refractivity contribution in [3.05, 3.63) is 16.0 Å². The van der Waals surface area contributed by atoms with Gasteiger partial charge >= 0.3 is 6.09 Å². The topological polar surface area (TPSA) is 58.5 Å². The van der Waals surface area contributed by atoms with Gasteiger partial charge in [-0.25, -0.2) is 9.95 Å². The van der Waals surface area contributed by atoms with Crippen molar-refractivity contribution >= 4 is 18.3 Å². The highest BCUT2D eigenvalue weighted by molar-refractivity contribution is 7.71. The number of amides is 1. The van der Waals surface area contributed by atoms with Gasteiger partial charge in [-0.2, -0.15) is 0 Å². The van der Waals surface area contributed by atoms with Crippen LogP contribution in [-0.2, 0) is 17.7 Å². The minimum absolute atomic E-state index is 0.307. The molecule has 1 aromatic heterocycles. The normalized spacial score (nSPS) is 15.6. The lowest BCUT2D eigenvalue weighted by Crippen LogP contribution is -2.39. The van der Waals surface area contributed by atoms with Gasteiger partial charge in [0.05, 0.1) is 17.8 Å². The van der Waals surface area contributed by atoms with Crippen LogP contribution in [0.5, 0.6) is 0 Å². The fourth-order valence-corrected chi connectivity index (χ4v) is 1.94. The summed E-state index contributed by atoms with van der Waals surface area (Å²) in [6.45, 7) is 6.63. The molecular weight excluding hydrogens is 240 g/mol. The van der Waals surface area contributed by atoms with Crippen LogP contribution in [0.4, 0.5) is 4.79 Å². The predicted octanol–water partition coefficient (Wildman–Crippen LogP) is 2.63. The maximum atomic E-state index is 11.9. The molecule has 0 saturated carbocycles. The molecule has 0 radical (unpaired) electrons. The molecular formula is C11H16N2O3S. The molecule has 0 bridgehead atoms. The van der Waals surface area contributed by atoms with Gasteiger partial charge in [0, 0.05) is 13.0 Å². The van der Waals surface area contributed by atoms with Crippen molar-refractivity contribution in [2.45, 2.75) is 39.3 Å². The Morgan fingerprint density at radius 3 is 2.88 bits per heavy atom. The number of H-pyrrole nitrogens is 1. The maximum absolute atomic E-state index is 11.9. The third-order valence-corrected chi connectivity index (χ3v) is 2.84. The van der Waals surface area contributed by atoms with Crippen LogP contribution in [0.25, 0.3) is 0 Å². The van der Waals surface area contributed by atoms with Gasteiger partial charge in [-0.1, -0.05) is 0 Å². The molecule has 0 spiro atoms. The summed E-state index contributed by atoms with van der Waals surface area (Å²) < 4.78 is 10.8. The van der Waals surface area contributed by atoms with E-state index in [1.165, 1.54) is 0 Å². The summed E-state index contributed by atoms with van der Waals surface area (Å²) in [6.07, 6.45) is 0.410. The third kappa shape index (κ3) is 2.69. The minimum Gasteiger partial charge on any atom is -0.444 e. The summed E-state index contributed by atoms with van der Waals surface area (Å²) in [5.74, 6) is 0. The smallest absolute Gasteiger partial charge is 0.410 e. The second-order valence-electron chi connectivity index (χ2n) is 5.10. The van der Waals surface area contributed by atoms with Crippen molar-refractivity contribution in [2.75, 3.05) is 6.54 Å². The second-order valence-corrected chi connectivity index (χ2v) is 5.47. The van der Waals surface area contributed by atoms with Crippen LogP contribution in [0.2, 0.25) is 0 Å². The summed E-state index contributed by atoms with van der Waals surface area (Å²) in [5.41, 5.74) is 1.39. The van der Waals surface area contributed by atoms with Gasteiger partial charge in [-0.05, 0) is 33.0 Å². The Balaban J connectivity index is 2.10.